The number of anilines is 3. The molecular formula is C23H27N7O2. The maximum atomic E-state index is 12.6. The number of hydrogen-bond donors (Lipinski definition) is 3. The minimum atomic E-state index is -0.334. The molecule has 4 N–H and O–H groups in total. The molecule has 4 rings (SSSR count). The summed E-state index contributed by atoms with van der Waals surface area (Å²) in [7, 11) is 1.79. The first-order valence-corrected chi connectivity index (χ1v) is 10.7. The average molecular weight is 434 g/mol. The molecule has 166 valence electrons. The van der Waals surface area contributed by atoms with Crippen molar-refractivity contribution in [1.82, 2.24) is 9.97 Å². The third-order valence-corrected chi connectivity index (χ3v) is 6.85. The van der Waals surface area contributed by atoms with E-state index in [2.05, 4.69) is 26.7 Å². The Kier molecular flexibility index (Phi) is 5.46. The van der Waals surface area contributed by atoms with Crippen molar-refractivity contribution >= 4 is 29.3 Å². The van der Waals surface area contributed by atoms with E-state index in [1.165, 1.54) is 6.20 Å². The number of likely N-dealkylation sites (N-methyl/N-ethyl adjacent to an activating group) is 1. The maximum absolute atomic E-state index is 12.6. The summed E-state index contributed by atoms with van der Waals surface area (Å²) in [4.78, 5) is 34.6. The average Bonchev–Trinajstić information content (AvgIpc) is 3.01. The van der Waals surface area contributed by atoms with Gasteiger partial charge in [-0.15, -0.1) is 0 Å². The van der Waals surface area contributed by atoms with E-state index in [1.54, 1.807) is 11.9 Å². The summed E-state index contributed by atoms with van der Waals surface area (Å²) in [6, 6.07) is 9.88. The van der Waals surface area contributed by atoms with Gasteiger partial charge in [-0.25, -0.2) is 4.98 Å². The second-order valence-electron chi connectivity index (χ2n) is 9.00. The van der Waals surface area contributed by atoms with E-state index in [1.807, 2.05) is 38.1 Å². The molecule has 3 atom stereocenters. The molecule has 1 aliphatic heterocycles. The van der Waals surface area contributed by atoms with Gasteiger partial charge in [-0.1, -0.05) is 32.0 Å². The number of para-hydroxylation sites is 1. The van der Waals surface area contributed by atoms with E-state index in [0.29, 0.717) is 36.7 Å². The lowest BCUT2D eigenvalue weighted by atomic mass is 9.58. The molecule has 1 aliphatic carbocycles. The SMILES string of the molecule is CN1C(=O)C(CCNc2ncc(C#N)c(N[C@@H]3C[C@H](C(N)=O)C3(C)C)n2)c2ccccc21. The molecule has 9 nitrogen and oxygen atoms in total. The monoisotopic (exact) mass is 433 g/mol. The molecule has 0 radical (unpaired) electrons. The fraction of sp³-hybridized carbons (Fsp3) is 0.435. The van der Waals surface area contributed by atoms with Gasteiger partial charge < -0.3 is 21.3 Å². The Morgan fingerprint density at radius 2 is 2.12 bits per heavy atom. The minimum absolute atomic E-state index is 0.0296. The fourth-order valence-electron chi connectivity index (χ4n) is 4.66. The number of nitrogens with one attached hydrogen (secondary N) is 2. The maximum Gasteiger partial charge on any atom is 0.234 e. The van der Waals surface area contributed by atoms with Crippen LogP contribution in [0.25, 0.3) is 0 Å². The summed E-state index contributed by atoms with van der Waals surface area (Å²) in [6.45, 7) is 4.45. The molecule has 0 spiro atoms. The Balaban J connectivity index is 1.42. The summed E-state index contributed by atoms with van der Waals surface area (Å²) < 4.78 is 0. The Bertz CT molecular complexity index is 1110. The number of benzene rings is 1. The van der Waals surface area contributed by atoms with Crippen LogP contribution in [-0.4, -0.2) is 41.4 Å². The van der Waals surface area contributed by atoms with Crippen molar-refractivity contribution in [2.75, 3.05) is 29.1 Å². The van der Waals surface area contributed by atoms with E-state index in [0.717, 1.165) is 11.3 Å². The highest BCUT2D eigenvalue weighted by Gasteiger charge is 2.51. The first-order chi connectivity index (χ1) is 15.2. The van der Waals surface area contributed by atoms with Gasteiger partial charge in [0.15, 0.2) is 0 Å². The van der Waals surface area contributed by atoms with Crippen molar-refractivity contribution in [2.24, 2.45) is 17.1 Å². The summed E-state index contributed by atoms with van der Waals surface area (Å²) in [5.74, 6) is 0.144. The number of aromatic nitrogens is 2. The Morgan fingerprint density at radius 1 is 1.38 bits per heavy atom. The molecule has 1 aromatic carbocycles. The van der Waals surface area contributed by atoms with Crippen LogP contribution in [0.1, 0.15) is 43.7 Å². The number of carbonyl (C=O) groups excluding carboxylic acids is 2. The quantitative estimate of drug-likeness (QED) is 0.609. The molecule has 9 heteroatoms. The first kappa shape index (κ1) is 21.6. The molecule has 1 saturated carbocycles. The zero-order chi connectivity index (χ0) is 23.0. The lowest BCUT2D eigenvalue weighted by Crippen LogP contribution is -2.58. The van der Waals surface area contributed by atoms with Crippen molar-refractivity contribution in [1.29, 1.82) is 5.26 Å². The van der Waals surface area contributed by atoms with Crippen molar-refractivity contribution in [3.05, 3.63) is 41.6 Å². The molecular weight excluding hydrogens is 406 g/mol. The van der Waals surface area contributed by atoms with Crippen LogP contribution in [0.5, 0.6) is 0 Å². The van der Waals surface area contributed by atoms with Gasteiger partial charge in [-0.05, 0) is 29.9 Å². The highest BCUT2D eigenvalue weighted by molar-refractivity contribution is 6.04. The molecule has 2 aliphatic rings. The van der Waals surface area contributed by atoms with E-state index in [4.69, 9.17) is 5.73 Å². The number of nitriles is 1. The number of amides is 2. The van der Waals surface area contributed by atoms with Gasteiger partial charge in [-0.2, -0.15) is 10.2 Å². The normalized spacial score (nSPS) is 23.1. The Morgan fingerprint density at radius 3 is 2.81 bits per heavy atom. The predicted molar refractivity (Wildman–Crippen MR) is 121 cm³/mol. The van der Waals surface area contributed by atoms with Gasteiger partial charge >= 0.3 is 0 Å². The predicted octanol–water partition coefficient (Wildman–Crippen LogP) is 2.22. The fourth-order valence-corrected chi connectivity index (χ4v) is 4.66. The first-order valence-electron chi connectivity index (χ1n) is 10.7. The molecule has 32 heavy (non-hydrogen) atoms. The minimum Gasteiger partial charge on any atom is -0.369 e. The van der Waals surface area contributed by atoms with Crippen LogP contribution >= 0.6 is 0 Å². The van der Waals surface area contributed by atoms with E-state index < -0.39 is 0 Å². The highest BCUT2D eigenvalue weighted by Crippen LogP contribution is 2.47. The summed E-state index contributed by atoms with van der Waals surface area (Å²) >= 11 is 0. The van der Waals surface area contributed by atoms with Gasteiger partial charge in [0.2, 0.25) is 17.8 Å². The van der Waals surface area contributed by atoms with E-state index in [-0.39, 0.29) is 35.1 Å². The van der Waals surface area contributed by atoms with Crippen molar-refractivity contribution in [2.45, 2.75) is 38.6 Å². The number of rotatable bonds is 7. The number of carbonyl (C=O) groups is 2. The number of primary amides is 1. The molecule has 1 unspecified atom stereocenters. The molecule has 0 saturated heterocycles. The number of fused-ring (bicyclic) bond motifs is 1. The Labute approximate surface area is 187 Å². The largest absolute Gasteiger partial charge is 0.369 e. The van der Waals surface area contributed by atoms with Gasteiger partial charge in [-0.3, -0.25) is 9.59 Å². The summed E-state index contributed by atoms with van der Waals surface area (Å²) in [5, 5.41) is 15.9. The second-order valence-corrected chi connectivity index (χ2v) is 9.00. The molecule has 2 amide bonds. The zero-order valence-electron chi connectivity index (χ0n) is 18.4. The molecule has 1 fully saturated rings. The molecule has 0 bridgehead atoms. The van der Waals surface area contributed by atoms with Crippen LogP contribution in [-0.2, 0) is 9.59 Å². The van der Waals surface area contributed by atoms with Gasteiger partial charge in [0.05, 0.1) is 12.1 Å². The van der Waals surface area contributed by atoms with Crippen molar-refractivity contribution in [3.8, 4) is 6.07 Å². The van der Waals surface area contributed by atoms with Crippen LogP contribution in [0.15, 0.2) is 30.5 Å². The standard InChI is InChI=1S/C23H27N7O2/c1-23(2)16(19(25)31)10-18(23)28-20-13(11-24)12-27-22(29-20)26-9-8-15-14-6-4-5-7-17(14)30(3)21(15)32/h4-7,12,15-16,18H,8-10H2,1-3H3,(H2,25,31)(H2,26,27,28,29)/t15?,16-,18-/m1/s1. The Hall–Kier alpha value is -3.67. The zero-order valence-corrected chi connectivity index (χ0v) is 18.4. The van der Waals surface area contributed by atoms with Crippen LogP contribution in [0.4, 0.5) is 17.5 Å². The molecule has 1 aromatic heterocycles. The third kappa shape index (κ3) is 3.62. The highest BCUT2D eigenvalue weighted by atomic mass is 16.2. The lowest BCUT2D eigenvalue weighted by molar-refractivity contribution is -0.131. The van der Waals surface area contributed by atoms with Crippen molar-refractivity contribution in [3.63, 3.8) is 0 Å². The topological polar surface area (TPSA) is 137 Å². The smallest absolute Gasteiger partial charge is 0.234 e. The van der Waals surface area contributed by atoms with Crippen LogP contribution in [0, 0.1) is 22.7 Å². The van der Waals surface area contributed by atoms with Gasteiger partial charge in [0, 0.05) is 31.2 Å². The van der Waals surface area contributed by atoms with Crippen LogP contribution in [0.2, 0.25) is 0 Å². The second kappa shape index (κ2) is 8.11. The number of nitrogens with two attached hydrogens (primary N) is 1. The summed E-state index contributed by atoms with van der Waals surface area (Å²) in [5.41, 5.74) is 7.45. The molecule has 2 heterocycles. The van der Waals surface area contributed by atoms with Gasteiger partial charge in [0.1, 0.15) is 17.5 Å². The number of nitrogens with zero attached hydrogens (tertiary/aromatic N) is 4. The van der Waals surface area contributed by atoms with E-state index >= 15 is 0 Å². The van der Waals surface area contributed by atoms with Crippen LogP contribution in [0.3, 0.4) is 0 Å². The molecule has 2 aromatic rings. The van der Waals surface area contributed by atoms with E-state index in [9.17, 15) is 14.9 Å². The van der Waals surface area contributed by atoms with Crippen molar-refractivity contribution < 1.29 is 9.59 Å². The van der Waals surface area contributed by atoms with Crippen LogP contribution < -0.4 is 21.3 Å². The van der Waals surface area contributed by atoms with Gasteiger partial charge in [0.25, 0.3) is 0 Å². The third-order valence-electron chi connectivity index (χ3n) is 6.85. The number of hydrogen-bond acceptors (Lipinski definition) is 7. The summed E-state index contributed by atoms with van der Waals surface area (Å²) in [6.07, 6.45) is 2.66. The lowest BCUT2D eigenvalue weighted by Gasteiger charge is -2.50.